The van der Waals surface area contributed by atoms with E-state index in [-0.39, 0.29) is 18.5 Å². The van der Waals surface area contributed by atoms with E-state index >= 15 is 0 Å². The molecule has 0 aliphatic carbocycles. The van der Waals surface area contributed by atoms with Crippen LogP contribution in [0.2, 0.25) is 0 Å². The number of unbranched alkanes of at least 4 members (excludes halogenated alkanes) is 51. The number of aliphatic hydroxyl groups excluding tert-OH is 2. The summed E-state index contributed by atoms with van der Waals surface area (Å²) >= 11 is 0. The fourth-order valence-corrected chi connectivity index (χ4v) is 10.9. The molecule has 0 rings (SSSR count). The molecule has 6 nitrogen and oxygen atoms in total. The Morgan fingerprint density at radius 2 is 0.635 bits per heavy atom. The second kappa shape index (κ2) is 64.1. The number of nitrogens with one attached hydrogen (secondary N) is 1. The molecule has 0 aliphatic heterocycles. The molecule has 0 bridgehead atoms. The highest BCUT2D eigenvalue weighted by Gasteiger charge is 2.20. The zero-order valence-corrected chi connectivity index (χ0v) is 50.4. The molecule has 0 aromatic rings. The van der Waals surface area contributed by atoms with Gasteiger partial charge in [-0.05, 0) is 51.4 Å². The smallest absolute Gasteiger partial charge is 0.305 e. The minimum atomic E-state index is -0.674. The average Bonchev–Trinajstić information content (AvgIpc) is 3.40. The molecule has 74 heavy (non-hydrogen) atoms. The van der Waals surface area contributed by atoms with Crippen LogP contribution in [-0.2, 0) is 14.3 Å². The second-order valence-electron chi connectivity index (χ2n) is 23.5. The first kappa shape index (κ1) is 72.6. The summed E-state index contributed by atoms with van der Waals surface area (Å²) in [5.74, 6) is -0.0371. The molecule has 0 aromatic carbocycles. The molecule has 0 heterocycles. The van der Waals surface area contributed by atoms with Crippen LogP contribution in [0, 0.1) is 0 Å². The minimum Gasteiger partial charge on any atom is -0.466 e. The zero-order chi connectivity index (χ0) is 53.6. The van der Waals surface area contributed by atoms with E-state index in [1.54, 1.807) is 0 Å². The zero-order valence-electron chi connectivity index (χ0n) is 50.4. The number of esters is 1. The van der Waals surface area contributed by atoms with Crippen molar-refractivity contribution in [2.24, 2.45) is 0 Å². The van der Waals surface area contributed by atoms with Crippen molar-refractivity contribution in [1.29, 1.82) is 0 Å². The number of hydrogen-bond acceptors (Lipinski definition) is 5. The van der Waals surface area contributed by atoms with Crippen LogP contribution in [-0.4, -0.2) is 47.4 Å². The number of hydrogen-bond donors (Lipinski definition) is 3. The Balaban J connectivity index is 3.43. The summed E-state index contributed by atoms with van der Waals surface area (Å²) in [6.45, 7) is 4.98. The van der Waals surface area contributed by atoms with Gasteiger partial charge in [-0.15, -0.1) is 0 Å². The van der Waals surface area contributed by atoms with Crippen molar-refractivity contribution >= 4 is 11.9 Å². The summed E-state index contributed by atoms with van der Waals surface area (Å²) in [4.78, 5) is 24.6. The predicted octanol–water partition coefficient (Wildman–Crippen LogP) is 21.6. The Morgan fingerprint density at radius 3 is 0.959 bits per heavy atom. The van der Waals surface area contributed by atoms with Gasteiger partial charge in [0.2, 0.25) is 5.91 Å². The van der Waals surface area contributed by atoms with Crippen LogP contribution < -0.4 is 5.32 Å². The van der Waals surface area contributed by atoms with Crippen molar-refractivity contribution in [3.05, 3.63) is 12.2 Å². The maximum absolute atomic E-state index is 12.5. The number of rotatable bonds is 64. The molecule has 3 N–H and O–H groups in total. The Hall–Kier alpha value is -1.40. The summed E-state index contributed by atoms with van der Waals surface area (Å²) in [6, 6.07) is -0.552. The first-order valence-corrected chi connectivity index (χ1v) is 33.9. The quantitative estimate of drug-likeness (QED) is 0.0320. The Morgan fingerprint density at radius 1 is 0.365 bits per heavy atom. The van der Waals surface area contributed by atoms with Crippen LogP contribution in [0.25, 0.3) is 0 Å². The third-order valence-electron chi connectivity index (χ3n) is 16.1. The summed E-state index contributed by atoms with van der Waals surface area (Å²) in [7, 11) is 0. The van der Waals surface area contributed by atoms with E-state index in [4.69, 9.17) is 4.74 Å². The molecule has 6 heteroatoms. The van der Waals surface area contributed by atoms with Gasteiger partial charge in [-0.25, -0.2) is 0 Å². The second-order valence-corrected chi connectivity index (χ2v) is 23.5. The standard InChI is InChI=1S/C68H133NO5/c1-3-5-7-9-11-13-15-17-19-20-21-22-23-24-25-26-29-33-36-40-44-48-52-56-60-66(71)65(64-70)69-67(72)61-57-53-49-45-41-37-34-30-27-28-31-35-39-43-47-51-55-59-63-74-68(73)62-58-54-50-46-42-38-32-18-16-14-12-10-8-6-4-2/h30,34,65-66,70-71H,3-29,31-33,35-64H2,1-2H3,(H,69,72)/b34-30-. The summed E-state index contributed by atoms with van der Waals surface area (Å²) in [5.41, 5.74) is 0. The van der Waals surface area contributed by atoms with E-state index in [1.807, 2.05) is 0 Å². The van der Waals surface area contributed by atoms with Gasteiger partial charge < -0.3 is 20.3 Å². The SMILES string of the molecule is CCCCCCCCCCCCCCCCCCCCCCCCCCC(O)C(CO)NC(=O)CCCCCCC/C=C\CCCCCCCCCCCOC(=O)CCCCCCCCCCCCCCCCC. The monoisotopic (exact) mass is 1040 g/mol. The van der Waals surface area contributed by atoms with Gasteiger partial charge in [0.25, 0.3) is 0 Å². The van der Waals surface area contributed by atoms with E-state index < -0.39 is 12.1 Å². The van der Waals surface area contributed by atoms with Gasteiger partial charge in [0.15, 0.2) is 0 Å². The molecular weight excluding hydrogens is 911 g/mol. The molecule has 0 spiro atoms. The Labute approximate surface area is 463 Å². The number of amides is 1. The van der Waals surface area contributed by atoms with Crippen molar-refractivity contribution in [2.75, 3.05) is 13.2 Å². The summed E-state index contributed by atoms with van der Waals surface area (Å²) in [5, 5.41) is 23.4. The molecule has 1 amide bonds. The van der Waals surface area contributed by atoms with E-state index in [0.717, 1.165) is 51.4 Å². The number of carbonyl (C=O) groups excluding carboxylic acids is 2. The minimum absolute atomic E-state index is 0.00719. The molecular formula is C68H133NO5. The maximum atomic E-state index is 12.5. The highest BCUT2D eigenvalue weighted by atomic mass is 16.5. The van der Waals surface area contributed by atoms with Crippen molar-refractivity contribution in [1.82, 2.24) is 5.32 Å². The van der Waals surface area contributed by atoms with Gasteiger partial charge in [-0.2, -0.15) is 0 Å². The van der Waals surface area contributed by atoms with Crippen LogP contribution in [0.15, 0.2) is 12.2 Å². The number of ether oxygens (including phenoxy) is 1. The lowest BCUT2D eigenvalue weighted by Gasteiger charge is -2.22. The van der Waals surface area contributed by atoms with Gasteiger partial charge in [-0.3, -0.25) is 9.59 Å². The molecule has 440 valence electrons. The predicted molar refractivity (Wildman–Crippen MR) is 324 cm³/mol. The third kappa shape index (κ3) is 59.8. The molecule has 0 aliphatic rings. The number of aliphatic hydroxyl groups is 2. The highest BCUT2D eigenvalue weighted by molar-refractivity contribution is 5.76. The van der Waals surface area contributed by atoms with Gasteiger partial charge in [0.1, 0.15) is 0 Å². The normalized spacial score (nSPS) is 12.5. The Bertz CT molecular complexity index is 1110. The average molecular weight is 1040 g/mol. The third-order valence-corrected chi connectivity index (χ3v) is 16.1. The number of allylic oxidation sites excluding steroid dienone is 2. The van der Waals surface area contributed by atoms with Crippen LogP contribution in [0.1, 0.15) is 386 Å². The van der Waals surface area contributed by atoms with E-state index in [0.29, 0.717) is 25.9 Å². The molecule has 0 radical (unpaired) electrons. The van der Waals surface area contributed by atoms with Crippen LogP contribution in [0.4, 0.5) is 0 Å². The molecule has 0 fully saturated rings. The van der Waals surface area contributed by atoms with Gasteiger partial charge in [-0.1, -0.05) is 334 Å². The lowest BCUT2D eigenvalue weighted by atomic mass is 10.0. The van der Waals surface area contributed by atoms with Gasteiger partial charge in [0, 0.05) is 12.8 Å². The fraction of sp³-hybridized carbons (Fsp3) is 0.941. The summed E-state index contributed by atoms with van der Waals surface area (Å²) < 4.78 is 5.49. The van der Waals surface area contributed by atoms with E-state index in [9.17, 15) is 19.8 Å². The fourth-order valence-electron chi connectivity index (χ4n) is 10.9. The summed E-state index contributed by atoms with van der Waals surface area (Å²) in [6.07, 6.45) is 78.1. The first-order chi connectivity index (χ1) is 36.5. The first-order valence-electron chi connectivity index (χ1n) is 33.9. The van der Waals surface area contributed by atoms with Crippen molar-refractivity contribution in [3.63, 3.8) is 0 Å². The van der Waals surface area contributed by atoms with Crippen molar-refractivity contribution in [2.45, 2.75) is 398 Å². The topological polar surface area (TPSA) is 95.9 Å². The Kier molecular flexibility index (Phi) is 62.9. The largest absolute Gasteiger partial charge is 0.466 e. The van der Waals surface area contributed by atoms with Crippen LogP contribution in [0.5, 0.6) is 0 Å². The molecule has 2 atom stereocenters. The number of carbonyl (C=O) groups is 2. The van der Waals surface area contributed by atoms with Crippen molar-refractivity contribution < 1.29 is 24.5 Å². The maximum Gasteiger partial charge on any atom is 0.305 e. The van der Waals surface area contributed by atoms with E-state index in [2.05, 4.69) is 31.3 Å². The highest BCUT2D eigenvalue weighted by Crippen LogP contribution is 2.19. The lowest BCUT2D eigenvalue weighted by Crippen LogP contribution is -2.45. The molecule has 0 saturated heterocycles. The molecule has 0 saturated carbocycles. The molecule has 2 unspecified atom stereocenters. The lowest BCUT2D eigenvalue weighted by molar-refractivity contribution is -0.143. The van der Waals surface area contributed by atoms with Gasteiger partial charge in [0.05, 0.1) is 25.4 Å². The van der Waals surface area contributed by atoms with Crippen molar-refractivity contribution in [3.8, 4) is 0 Å². The van der Waals surface area contributed by atoms with Gasteiger partial charge >= 0.3 is 5.97 Å². The van der Waals surface area contributed by atoms with Crippen LogP contribution >= 0.6 is 0 Å². The van der Waals surface area contributed by atoms with E-state index in [1.165, 1.54) is 302 Å². The molecule has 0 aromatic heterocycles. The van der Waals surface area contributed by atoms with Crippen LogP contribution in [0.3, 0.4) is 0 Å².